The molecule has 1 saturated carbocycles. The fourth-order valence-electron chi connectivity index (χ4n) is 2.21. The van der Waals surface area contributed by atoms with Gasteiger partial charge in [0.2, 0.25) is 0 Å². The summed E-state index contributed by atoms with van der Waals surface area (Å²) in [5, 5.41) is 6.92. The molecule has 2 rings (SSSR count). The Kier molecular flexibility index (Phi) is 3.73. The van der Waals surface area contributed by atoms with Crippen molar-refractivity contribution in [3.05, 3.63) is 11.9 Å². The SMILES string of the molecule is CCCNc1ncnc(NC(C)(C)C2CC2)c1C. The minimum absolute atomic E-state index is 0.126. The van der Waals surface area contributed by atoms with Gasteiger partial charge in [0, 0.05) is 17.6 Å². The van der Waals surface area contributed by atoms with Crippen molar-refractivity contribution in [2.24, 2.45) is 5.92 Å². The van der Waals surface area contributed by atoms with Gasteiger partial charge in [-0.15, -0.1) is 0 Å². The zero-order valence-electron chi connectivity index (χ0n) is 11.9. The van der Waals surface area contributed by atoms with Crippen LogP contribution in [0.2, 0.25) is 0 Å². The number of hydrogen-bond acceptors (Lipinski definition) is 4. The number of anilines is 2. The van der Waals surface area contributed by atoms with Crippen LogP contribution in [0.5, 0.6) is 0 Å². The molecule has 0 atom stereocenters. The van der Waals surface area contributed by atoms with Gasteiger partial charge < -0.3 is 10.6 Å². The second kappa shape index (κ2) is 5.12. The summed E-state index contributed by atoms with van der Waals surface area (Å²) in [7, 11) is 0. The van der Waals surface area contributed by atoms with E-state index >= 15 is 0 Å². The van der Waals surface area contributed by atoms with Crippen LogP contribution >= 0.6 is 0 Å². The molecule has 4 heteroatoms. The minimum atomic E-state index is 0.126. The van der Waals surface area contributed by atoms with Gasteiger partial charge in [0.1, 0.15) is 18.0 Å². The molecule has 0 bridgehead atoms. The molecule has 0 radical (unpaired) electrons. The Bertz CT molecular complexity index is 410. The number of aromatic nitrogens is 2. The molecule has 4 nitrogen and oxygen atoms in total. The second-order valence-corrected chi connectivity index (χ2v) is 5.74. The molecule has 1 heterocycles. The minimum Gasteiger partial charge on any atom is -0.370 e. The predicted molar refractivity (Wildman–Crippen MR) is 76.0 cm³/mol. The molecule has 100 valence electrons. The molecule has 0 aromatic carbocycles. The van der Waals surface area contributed by atoms with Crippen molar-refractivity contribution < 1.29 is 0 Å². The number of nitrogens with zero attached hydrogens (tertiary/aromatic N) is 2. The Labute approximate surface area is 110 Å². The monoisotopic (exact) mass is 248 g/mol. The van der Waals surface area contributed by atoms with E-state index in [-0.39, 0.29) is 5.54 Å². The van der Waals surface area contributed by atoms with E-state index in [1.807, 2.05) is 0 Å². The first-order valence-corrected chi connectivity index (χ1v) is 6.88. The molecule has 1 fully saturated rings. The van der Waals surface area contributed by atoms with Gasteiger partial charge in [-0.2, -0.15) is 0 Å². The highest BCUT2D eigenvalue weighted by Crippen LogP contribution is 2.41. The summed E-state index contributed by atoms with van der Waals surface area (Å²) in [4.78, 5) is 8.68. The normalized spacial score (nSPS) is 15.6. The average molecular weight is 248 g/mol. The Balaban J connectivity index is 2.12. The third-order valence-electron chi connectivity index (χ3n) is 3.67. The van der Waals surface area contributed by atoms with E-state index in [1.165, 1.54) is 12.8 Å². The second-order valence-electron chi connectivity index (χ2n) is 5.74. The maximum Gasteiger partial charge on any atom is 0.134 e. The van der Waals surface area contributed by atoms with Crippen molar-refractivity contribution in [2.75, 3.05) is 17.2 Å². The van der Waals surface area contributed by atoms with Crippen LogP contribution in [-0.4, -0.2) is 22.1 Å². The molecule has 1 aliphatic carbocycles. The van der Waals surface area contributed by atoms with Crippen LogP contribution in [0.4, 0.5) is 11.6 Å². The Hall–Kier alpha value is -1.32. The van der Waals surface area contributed by atoms with Gasteiger partial charge in [-0.3, -0.25) is 0 Å². The number of hydrogen-bond donors (Lipinski definition) is 2. The molecule has 1 aliphatic rings. The van der Waals surface area contributed by atoms with Crippen LogP contribution in [0.1, 0.15) is 45.6 Å². The van der Waals surface area contributed by atoms with Gasteiger partial charge in [0.25, 0.3) is 0 Å². The standard InChI is InChI=1S/C14H24N4/c1-5-8-15-12-10(2)13(17-9-16-12)18-14(3,4)11-6-7-11/h9,11H,5-8H2,1-4H3,(H2,15,16,17,18). The van der Waals surface area contributed by atoms with E-state index in [0.717, 1.165) is 36.1 Å². The van der Waals surface area contributed by atoms with Crippen LogP contribution in [0, 0.1) is 12.8 Å². The van der Waals surface area contributed by atoms with Gasteiger partial charge in [0.05, 0.1) is 0 Å². The average Bonchev–Trinajstić information content (AvgIpc) is 3.14. The van der Waals surface area contributed by atoms with Crippen molar-refractivity contribution >= 4 is 11.6 Å². The number of nitrogens with one attached hydrogen (secondary N) is 2. The number of rotatable bonds is 6. The zero-order valence-corrected chi connectivity index (χ0v) is 11.9. The highest BCUT2D eigenvalue weighted by molar-refractivity contribution is 5.57. The van der Waals surface area contributed by atoms with Gasteiger partial charge in [-0.05, 0) is 46.0 Å². The van der Waals surface area contributed by atoms with Gasteiger partial charge in [-0.25, -0.2) is 9.97 Å². The van der Waals surface area contributed by atoms with Gasteiger partial charge in [0.15, 0.2) is 0 Å². The summed E-state index contributed by atoms with van der Waals surface area (Å²) in [6.07, 6.45) is 5.38. The topological polar surface area (TPSA) is 49.8 Å². The Morgan fingerprint density at radius 1 is 1.28 bits per heavy atom. The maximum absolute atomic E-state index is 4.38. The lowest BCUT2D eigenvalue weighted by molar-refractivity contribution is 0.492. The van der Waals surface area contributed by atoms with E-state index in [4.69, 9.17) is 0 Å². The summed E-state index contributed by atoms with van der Waals surface area (Å²) in [6.45, 7) is 9.68. The molecule has 18 heavy (non-hydrogen) atoms. The quantitative estimate of drug-likeness (QED) is 0.811. The van der Waals surface area contributed by atoms with E-state index in [1.54, 1.807) is 6.33 Å². The van der Waals surface area contributed by atoms with E-state index in [0.29, 0.717) is 0 Å². The van der Waals surface area contributed by atoms with Gasteiger partial charge in [-0.1, -0.05) is 6.92 Å². The molecule has 0 amide bonds. The van der Waals surface area contributed by atoms with Gasteiger partial charge >= 0.3 is 0 Å². The Morgan fingerprint density at radius 2 is 1.94 bits per heavy atom. The lowest BCUT2D eigenvalue weighted by Crippen LogP contribution is -2.34. The summed E-state index contributed by atoms with van der Waals surface area (Å²) in [5.41, 5.74) is 1.24. The van der Waals surface area contributed by atoms with Crippen molar-refractivity contribution in [2.45, 2.75) is 52.5 Å². The van der Waals surface area contributed by atoms with Crippen LogP contribution in [-0.2, 0) is 0 Å². The third kappa shape index (κ3) is 2.92. The third-order valence-corrected chi connectivity index (χ3v) is 3.67. The first-order chi connectivity index (χ1) is 8.54. The van der Waals surface area contributed by atoms with Crippen molar-refractivity contribution in [1.82, 2.24) is 9.97 Å². The highest BCUT2D eigenvalue weighted by Gasteiger charge is 2.38. The molecule has 0 unspecified atom stereocenters. The highest BCUT2D eigenvalue weighted by atomic mass is 15.1. The fraction of sp³-hybridized carbons (Fsp3) is 0.714. The van der Waals surface area contributed by atoms with Crippen LogP contribution < -0.4 is 10.6 Å². The van der Waals surface area contributed by atoms with E-state index in [2.05, 4.69) is 48.3 Å². The van der Waals surface area contributed by atoms with Crippen LogP contribution in [0.3, 0.4) is 0 Å². The molecule has 0 saturated heterocycles. The maximum atomic E-state index is 4.38. The largest absolute Gasteiger partial charge is 0.370 e. The molecule has 0 spiro atoms. The lowest BCUT2D eigenvalue weighted by Gasteiger charge is -2.28. The smallest absolute Gasteiger partial charge is 0.134 e. The van der Waals surface area contributed by atoms with Crippen molar-refractivity contribution in [1.29, 1.82) is 0 Å². The van der Waals surface area contributed by atoms with E-state index < -0.39 is 0 Å². The zero-order chi connectivity index (χ0) is 13.2. The van der Waals surface area contributed by atoms with E-state index in [9.17, 15) is 0 Å². The first-order valence-electron chi connectivity index (χ1n) is 6.88. The molecular weight excluding hydrogens is 224 g/mol. The molecule has 0 aliphatic heterocycles. The van der Waals surface area contributed by atoms with Crippen molar-refractivity contribution in [3.8, 4) is 0 Å². The summed E-state index contributed by atoms with van der Waals surface area (Å²) < 4.78 is 0. The molecule has 1 aromatic heterocycles. The first kappa shape index (κ1) is 13.1. The van der Waals surface area contributed by atoms with Crippen molar-refractivity contribution in [3.63, 3.8) is 0 Å². The van der Waals surface area contributed by atoms with Crippen LogP contribution in [0.15, 0.2) is 6.33 Å². The fourth-order valence-corrected chi connectivity index (χ4v) is 2.21. The summed E-state index contributed by atoms with van der Waals surface area (Å²) in [5.74, 6) is 2.68. The summed E-state index contributed by atoms with van der Waals surface area (Å²) >= 11 is 0. The van der Waals surface area contributed by atoms with Crippen LogP contribution in [0.25, 0.3) is 0 Å². The molecular formula is C14H24N4. The Morgan fingerprint density at radius 3 is 2.56 bits per heavy atom. The predicted octanol–water partition coefficient (Wildman–Crippen LogP) is 3.21. The molecule has 2 N–H and O–H groups in total. The molecule has 1 aromatic rings. The summed E-state index contributed by atoms with van der Waals surface area (Å²) in [6, 6.07) is 0. The lowest BCUT2D eigenvalue weighted by atomic mass is 9.98.